The third-order valence-electron chi connectivity index (χ3n) is 6.77. The van der Waals surface area contributed by atoms with Crippen molar-refractivity contribution in [2.45, 2.75) is 50.7 Å². The van der Waals surface area contributed by atoms with Gasteiger partial charge in [-0.05, 0) is 41.5 Å². The second kappa shape index (κ2) is 11.4. The molecule has 1 saturated heterocycles. The molecule has 1 aliphatic heterocycles. The Morgan fingerprint density at radius 1 is 1.03 bits per heavy atom. The number of nitrogens with zero attached hydrogens (tertiary/aromatic N) is 1. The van der Waals surface area contributed by atoms with E-state index in [1.165, 1.54) is 0 Å². The number of hydrogen-bond donors (Lipinski definition) is 2. The Balaban J connectivity index is 1.28. The zero-order valence-corrected chi connectivity index (χ0v) is 19.9. The molecule has 1 heterocycles. The molecular weight excluding hydrogens is 448 g/mol. The molecule has 0 saturated carbocycles. The summed E-state index contributed by atoms with van der Waals surface area (Å²) in [7, 11) is 0. The Hall–Kier alpha value is -3.39. The van der Waals surface area contributed by atoms with E-state index in [1.54, 1.807) is 4.90 Å². The lowest BCUT2D eigenvalue weighted by molar-refractivity contribution is -0.139. The molecule has 0 bridgehead atoms. The van der Waals surface area contributed by atoms with Gasteiger partial charge in [0.05, 0.1) is 19.1 Å². The fourth-order valence-corrected chi connectivity index (χ4v) is 4.90. The molecule has 2 amide bonds. The number of carbonyl (C=O) groups is 3. The zero-order valence-electron chi connectivity index (χ0n) is 19.9. The van der Waals surface area contributed by atoms with Crippen LogP contribution >= 0.6 is 0 Å². The molecule has 0 spiro atoms. The molecular formula is C27H32N2O6. The first-order valence-electron chi connectivity index (χ1n) is 12.2. The van der Waals surface area contributed by atoms with Gasteiger partial charge in [0, 0.05) is 19.0 Å². The lowest BCUT2D eigenvalue weighted by Gasteiger charge is -2.34. The van der Waals surface area contributed by atoms with Crippen LogP contribution in [0.5, 0.6) is 0 Å². The Kier molecular flexibility index (Phi) is 8.02. The number of carbonyl (C=O) groups excluding carboxylic acids is 2. The van der Waals surface area contributed by atoms with Crippen molar-refractivity contribution < 1.29 is 29.0 Å². The molecule has 2 aromatic rings. The molecule has 0 radical (unpaired) electrons. The van der Waals surface area contributed by atoms with Gasteiger partial charge in [0.15, 0.2) is 0 Å². The van der Waals surface area contributed by atoms with E-state index in [1.807, 2.05) is 31.2 Å². The predicted molar refractivity (Wildman–Crippen MR) is 130 cm³/mol. The average molecular weight is 481 g/mol. The maximum atomic E-state index is 13.0. The Labute approximate surface area is 205 Å². The van der Waals surface area contributed by atoms with Crippen molar-refractivity contribution >= 4 is 18.0 Å². The average Bonchev–Trinajstić information content (AvgIpc) is 3.19. The van der Waals surface area contributed by atoms with Crippen molar-refractivity contribution in [3.8, 4) is 11.1 Å². The predicted octanol–water partition coefficient (Wildman–Crippen LogP) is 3.79. The molecule has 8 nitrogen and oxygen atoms in total. The van der Waals surface area contributed by atoms with Crippen LogP contribution in [0.25, 0.3) is 11.1 Å². The van der Waals surface area contributed by atoms with E-state index in [0.29, 0.717) is 32.4 Å². The smallest absolute Gasteiger partial charge is 0.407 e. The van der Waals surface area contributed by atoms with Crippen LogP contribution < -0.4 is 5.32 Å². The number of ether oxygens (including phenoxy) is 2. The number of likely N-dealkylation sites (tertiary alicyclic amines) is 1. The fourth-order valence-electron chi connectivity index (χ4n) is 4.90. The first kappa shape index (κ1) is 24.7. The highest BCUT2D eigenvalue weighted by Crippen LogP contribution is 2.44. The van der Waals surface area contributed by atoms with Crippen LogP contribution in [0.1, 0.15) is 49.7 Å². The Morgan fingerprint density at radius 3 is 2.20 bits per heavy atom. The van der Waals surface area contributed by atoms with E-state index in [-0.39, 0.29) is 37.6 Å². The third kappa shape index (κ3) is 5.82. The largest absolute Gasteiger partial charge is 0.481 e. The minimum Gasteiger partial charge on any atom is -0.481 e. The molecule has 2 N–H and O–H groups in total. The molecule has 186 valence electrons. The Bertz CT molecular complexity index is 1020. The molecule has 1 unspecified atom stereocenters. The molecule has 8 heteroatoms. The third-order valence-corrected chi connectivity index (χ3v) is 6.77. The van der Waals surface area contributed by atoms with E-state index in [2.05, 4.69) is 29.6 Å². The van der Waals surface area contributed by atoms with Gasteiger partial charge in [-0.15, -0.1) is 0 Å². The lowest BCUT2D eigenvalue weighted by Crippen LogP contribution is -2.51. The van der Waals surface area contributed by atoms with Crippen molar-refractivity contribution in [2.75, 3.05) is 26.3 Å². The maximum absolute atomic E-state index is 13.0. The molecule has 1 aliphatic carbocycles. The molecule has 2 aliphatic rings. The number of carboxylic acid groups (broad SMARTS) is 1. The van der Waals surface area contributed by atoms with Crippen LogP contribution in [0, 0.1) is 0 Å². The summed E-state index contributed by atoms with van der Waals surface area (Å²) in [5.74, 6) is -1.06. The van der Waals surface area contributed by atoms with Gasteiger partial charge in [-0.25, -0.2) is 4.79 Å². The van der Waals surface area contributed by atoms with E-state index in [0.717, 1.165) is 22.3 Å². The standard InChI is InChI=1S/C27H32N2O6/c1-2-24(26(32)29-14-11-18(12-15-29)34-16-13-25(30)31)28-27(33)35-17-23-21-9-5-3-7-19(21)20-8-4-6-10-22(20)23/h3-10,18,23-24H,2,11-17H2,1H3,(H,28,33)(H,30,31). The molecule has 1 fully saturated rings. The lowest BCUT2D eigenvalue weighted by atomic mass is 9.98. The first-order valence-corrected chi connectivity index (χ1v) is 12.2. The number of piperidine rings is 1. The number of rotatable bonds is 9. The van der Waals surface area contributed by atoms with Gasteiger partial charge < -0.3 is 24.8 Å². The number of nitrogens with one attached hydrogen (secondary N) is 1. The van der Waals surface area contributed by atoms with Crippen LogP contribution in [0.4, 0.5) is 4.79 Å². The summed E-state index contributed by atoms with van der Waals surface area (Å²) in [5, 5.41) is 11.5. The summed E-state index contributed by atoms with van der Waals surface area (Å²) in [6, 6.07) is 15.6. The quantitative estimate of drug-likeness (QED) is 0.566. The van der Waals surface area contributed by atoms with Crippen molar-refractivity contribution in [1.82, 2.24) is 10.2 Å². The second-order valence-corrected chi connectivity index (χ2v) is 8.97. The number of alkyl carbamates (subject to hydrolysis) is 1. The van der Waals surface area contributed by atoms with Crippen LogP contribution in [-0.4, -0.2) is 66.4 Å². The highest BCUT2D eigenvalue weighted by molar-refractivity contribution is 5.86. The zero-order chi connectivity index (χ0) is 24.8. The van der Waals surface area contributed by atoms with Crippen LogP contribution in [0.15, 0.2) is 48.5 Å². The van der Waals surface area contributed by atoms with E-state index >= 15 is 0 Å². The number of fused-ring (bicyclic) bond motifs is 3. The highest BCUT2D eigenvalue weighted by Gasteiger charge is 2.31. The highest BCUT2D eigenvalue weighted by atomic mass is 16.5. The van der Waals surface area contributed by atoms with E-state index in [4.69, 9.17) is 14.6 Å². The minimum absolute atomic E-state index is 0.0267. The van der Waals surface area contributed by atoms with Gasteiger partial charge in [0.2, 0.25) is 5.91 Å². The van der Waals surface area contributed by atoms with Gasteiger partial charge in [-0.3, -0.25) is 9.59 Å². The van der Waals surface area contributed by atoms with Gasteiger partial charge in [-0.2, -0.15) is 0 Å². The van der Waals surface area contributed by atoms with Gasteiger partial charge in [-0.1, -0.05) is 55.5 Å². The van der Waals surface area contributed by atoms with Crippen molar-refractivity contribution in [2.24, 2.45) is 0 Å². The first-order chi connectivity index (χ1) is 17.0. The molecule has 1 atom stereocenters. The topological polar surface area (TPSA) is 105 Å². The number of aliphatic carboxylic acids is 1. The van der Waals surface area contributed by atoms with E-state index in [9.17, 15) is 14.4 Å². The monoisotopic (exact) mass is 480 g/mol. The second-order valence-electron chi connectivity index (χ2n) is 8.97. The van der Waals surface area contributed by atoms with Gasteiger partial charge in [0.25, 0.3) is 0 Å². The summed E-state index contributed by atoms with van der Waals surface area (Å²) in [6.45, 7) is 3.26. The normalized spacial score (nSPS) is 16.3. The number of carboxylic acids is 1. The molecule has 35 heavy (non-hydrogen) atoms. The van der Waals surface area contributed by atoms with Crippen LogP contribution in [0.3, 0.4) is 0 Å². The van der Waals surface area contributed by atoms with Gasteiger partial charge in [0.1, 0.15) is 12.6 Å². The summed E-state index contributed by atoms with van der Waals surface area (Å²) in [4.78, 5) is 38.0. The number of benzene rings is 2. The number of hydrogen-bond acceptors (Lipinski definition) is 5. The summed E-state index contributed by atoms with van der Waals surface area (Å²) >= 11 is 0. The fraction of sp³-hybridized carbons (Fsp3) is 0.444. The summed E-state index contributed by atoms with van der Waals surface area (Å²) < 4.78 is 11.2. The SMILES string of the molecule is CCC(NC(=O)OCC1c2ccccc2-c2ccccc21)C(=O)N1CCC(OCCC(=O)O)CC1. The van der Waals surface area contributed by atoms with E-state index < -0.39 is 18.1 Å². The van der Waals surface area contributed by atoms with Gasteiger partial charge >= 0.3 is 12.1 Å². The maximum Gasteiger partial charge on any atom is 0.407 e. The number of amides is 2. The Morgan fingerprint density at radius 2 is 1.63 bits per heavy atom. The summed E-state index contributed by atoms with van der Waals surface area (Å²) in [6.07, 6.45) is 1.08. The molecule has 4 rings (SSSR count). The van der Waals surface area contributed by atoms with Crippen molar-refractivity contribution in [1.29, 1.82) is 0 Å². The minimum atomic E-state index is -0.886. The molecule has 2 aromatic carbocycles. The van der Waals surface area contributed by atoms with Crippen LogP contribution in [0.2, 0.25) is 0 Å². The van der Waals surface area contributed by atoms with Crippen molar-refractivity contribution in [3.05, 3.63) is 59.7 Å². The van der Waals surface area contributed by atoms with Crippen molar-refractivity contribution in [3.63, 3.8) is 0 Å². The molecule has 0 aromatic heterocycles. The van der Waals surface area contributed by atoms with Crippen LogP contribution in [-0.2, 0) is 19.1 Å². The summed E-state index contributed by atoms with van der Waals surface area (Å²) in [5.41, 5.74) is 4.60.